The number of aliphatic hydroxyl groups excluding tert-OH is 1. The number of nitrogens with zero attached hydrogens (tertiary/aromatic N) is 2. The van der Waals surface area contributed by atoms with Gasteiger partial charge in [0.15, 0.2) is 0 Å². The molecule has 1 fully saturated rings. The molecule has 0 aromatic heterocycles. The Labute approximate surface area is 130 Å². The topological polar surface area (TPSA) is 87.9 Å². The molecular formula is C15H23N3O4. The van der Waals surface area contributed by atoms with Crippen molar-refractivity contribution in [2.45, 2.75) is 25.0 Å². The van der Waals surface area contributed by atoms with Crippen LogP contribution < -0.4 is 5.32 Å². The molecule has 0 unspecified atom stereocenters. The predicted octanol–water partition coefficient (Wildman–Crippen LogP) is 1.48. The van der Waals surface area contributed by atoms with Gasteiger partial charge in [-0.25, -0.2) is 0 Å². The van der Waals surface area contributed by atoms with E-state index in [2.05, 4.69) is 10.2 Å². The van der Waals surface area contributed by atoms with Crippen molar-refractivity contribution < 1.29 is 14.8 Å². The Morgan fingerprint density at radius 2 is 2.14 bits per heavy atom. The molecule has 0 aliphatic carbocycles. The molecule has 0 saturated carbocycles. The fourth-order valence-electron chi connectivity index (χ4n) is 2.78. The summed E-state index contributed by atoms with van der Waals surface area (Å²) in [6.45, 7) is 2.67. The van der Waals surface area contributed by atoms with Crippen LogP contribution in [-0.4, -0.2) is 60.4 Å². The summed E-state index contributed by atoms with van der Waals surface area (Å²) in [5, 5.41) is 24.0. The second-order valence-corrected chi connectivity index (χ2v) is 5.60. The summed E-state index contributed by atoms with van der Waals surface area (Å²) in [6, 6.07) is 6.94. The fraction of sp³-hybridized carbons (Fsp3) is 0.600. The molecule has 2 N–H and O–H groups in total. The van der Waals surface area contributed by atoms with Gasteiger partial charge in [-0.05, 0) is 18.9 Å². The van der Waals surface area contributed by atoms with Crippen LogP contribution in [0, 0.1) is 10.1 Å². The number of hydrogen-bond acceptors (Lipinski definition) is 6. The van der Waals surface area contributed by atoms with Crippen molar-refractivity contribution in [1.82, 2.24) is 4.90 Å². The van der Waals surface area contributed by atoms with Crippen LogP contribution in [-0.2, 0) is 4.74 Å². The van der Waals surface area contributed by atoms with Gasteiger partial charge in [-0.2, -0.15) is 0 Å². The number of anilines is 1. The number of nitro benzene ring substituents is 1. The maximum absolute atomic E-state index is 11.0. The first-order valence-corrected chi connectivity index (χ1v) is 7.49. The highest BCUT2D eigenvalue weighted by atomic mass is 16.6. The van der Waals surface area contributed by atoms with Crippen LogP contribution in [0.2, 0.25) is 0 Å². The lowest BCUT2D eigenvalue weighted by atomic mass is 10.0. The van der Waals surface area contributed by atoms with E-state index in [9.17, 15) is 15.2 Å². The van der Waals surface area contributed by atoms with E-state index in [4.69, 9.17) is 4.74 Å². The molecule has 1 aliphatic rings. The lowest BCUT2D eigenvalue weighted by Crippen LogP contribution is -2.43. The lowest BCUT2D eigenvalue weighted by Gasteiger charge is -2.33. The summed E-state index contributed by atoms with van der Waals surface area (Å²) in [5.41, 5.74) is 0.686. The molecule has 1 aromatic rings. The van der Waals surface area contributed by atoms with Crippen molar-refractivity contribution >= 4 is 11.4 Å². The third-order valence-electron chi connectivity index (χ3n) is 3.88. The van der Waals surface area contributed by atoms with Gasteiger partial charge in [-0.3, -0.25) is 10.1 Å². The molecule has 7 nitrogen and oxygen atoms in total. The Hall–Kier alpha value is -1.70. The molecule has 122 valence electrons. The Kier molecular flexibility index (Phi) is 6.11. The summed E-state index contributed by atoms with van der Waals surface area (Å²) >= 11 is 0. The third kappa shape index (κ3) is 4.66. The molecule has 2 rings (SSSR count). The fourth-order valence-corrected chi connectivity index (χ4v) is 2.78. The minimum absolute atomic E-state index is 0.112. The lowest BCUT2D eigenvalue weighted by molar-refractivity contribution is -0.384. The quantitative estimate of drug-likeness (QED) is 0.586. The Bertz CT molecular complexity index is 489. The second kappa shape index (κ2) is 8.07. The summed E-state index contributed by atoms with van der Waals surface area (Å²) in [6.07, 6.45) is 1.32. The summed E-state index contributed by atoms with van der Waals surface area (Å²) < 4.78 is 4.93. The maximum Gasteiger partial charge on any atom is 0.292 e. The van der Waals surface area contributed by atoms with Gasteiger partial charge in [0.2, 0.25) is 0 Å². The van der Waals surface area contributed by atoms with Gasteiger partial charge < -0.3 is 20.1 Å². The van der Waals surface area contributed by atoms with Gasteiger partial charge in [-0.15, -0.1) is 0 Å². The maximum atomic E-state index is 11.0. The number of piperidine rings is 1. The van der Waals surface area contributed by atoms with E-state index in [0.717, 1.165) is 25.9 Å². The molecule has 1 saturated heterocycles. The summed E-state index contributed by atoms with van der Waals surface area (Å²) in [4.78, 5) is 12.8. The van der Waals surface area contributed by atoms with Crippen molar-refractivity contribution in [3.05, 3.63) is 34.4 Å². The third-order valence-corrected chi connectivity index (χ3v) is 3.88. The first kappa shape index (κ1) is 16.7. The molecule has 1 heterocycles. The summed E-state index contributed by atoms with van der Waals surface area (Å²) in [5.74, 6) is 0. The molecule has 0 spiro atoms. The number of rotatable bonds is 7. The highest BCUT2D eigenvalue weighted by molar-refractivity contribution is 5.61. The highest BCUT2D eigenvalue weighted by Crippen LogP contribution is 2.26. The van der Waals surface area contributed by atoms with Gasteiger partial charge in [0, 0.05) is 38.9 Å². The van der Waals surface area contributed by atoms with Crippen LogP contribution in [0.25, 0.3) is 0 Å². The van der Waals surface area contributed by atoms with E-state index in [1.807, 2.05) is 0 Å². The molecule has 22 heavy (non-hydrogen) atoms. The average molecular weight is 309 g/mol. The average Bonchev–Trinajstić information content (AvgIpc) is 2.50. The van der Waals surface area contributed by atoms with Crippen LogP contribution in [0.4, 0.5) is 11.4 Å². The number of methoxy groups -OCH3 is 1. The zero-order valence-electron chi connectivity index (χ0n) is 12.8. The van der Waals surface area contributed by atoms with E-state index in [0.29, 0.717) is 18.8 Å². The molecule has 1 aliphatic heterocycles. The Morgan fingerprint density at radius 3 is 2.77 bits per heavy atom. The van der Waals surface area contributed by atoms with Crippen LogP contribution in [0.15, 0.2) is 24.3 Å². The normalized spacial score (nSPS) is 18.1. The van der Waals surface area contributed by atoms with Crippen LogP contribution in [0.3, 0.4) is 0 Å². The molecule has 0 radical (unpaired) electrons. The number of likely N-dealkylation sites (tertiary alicyclic amines) is 1. The number of nitro groups is 1. The summed E-state index contributed by atoms with van der Waals surface area (Å²) in [7, 11) is 1.58. The van der Waals surface area contributed by atoms with Crippen molar-refractivity contribution in [2.75, 3.05) is 38.7 Å². The smallest absolute Gasteiger partial charge is 0.292 e. The van der Waals surface area contributed by atoms with Crippen molar-refractivity contribution in [3.63, 3.8) is 0 Å². The number of aliphatic hydroxyl groups is 1. The SMILES string of the molecule is COC[C@@H](O)CN1CCC(Nc2ccccc2[N+](=O)[O-])CC1. The van der Waals surface area contributed by atoms with E-state index < -0.39 is 6.10 Å². The van der Waals surface area contributed by atoms with Crippen LogP contribution in [0.1, 0.15) is 12.8 Å². The number of benzene rings is 1. The minimum atomic E-state index is -0.468. The zero-order valence-corrected chi connectivity index (χ0v) is 12.8. The van der Waals surface area contributed by atoms with Gasteiger partial charge in [0.05, 0.1) is 17.6 Å². The monoisotopic (exact) mass is 309 g/mol. The van der Waals surface area contributed by atoms with E-state index in [-0.39, 0.29) is 16.7 Å². The molecule has 0 bridgehead atoms. The van der Waals surface area contributed by atoms with Gasteiger partial charge in [-0.1, -0.05) is 12.1 Å². The number of hydrogen-bond donors (Lipinski definition) is 2. The minimum Gasteiger partial charge on any atom is -0.389 e. The Morgan fingerprint density at radius 1 is 1.45 bits per heavy atom. The Balaban J connectivity index is 1.84. The molecule has 1 atom stereocenters. The first-order valence-electron chi connectivity index (χ1n) is 7.49. The van der Waals surface area contributed by atoms with Crippen LogP contribution >= 0.6 is 0 Å². The highest BCUT2D eigenvalue weighted by Gasteiger charge is 2.23. The van der Waals surface area contributed by atoms with E-state index >= 15 is 0 Å². The number of nitrogens with one attached hydrogen (secondary N) is 1. The zero-order chi connectivity index (χ0) is 15.9. The largest absolute Gasteiger partial charge is 0.389 e. The molecule has 0 amide bonds. The van der Waals surface area contributed by atoms with E-state index in [1.54, 1.807) is 25.3 Å². The van der Waals surface area contributed by atoms with Crippen molar-refractivity contribution in [1.29, 1.82) is 0 Å². The van der Waals surface area contributed by atoms with E-state index in [1.165, 1.54) is 6.07 Å². The van der Waals surface area contributed by atoms with Gasteiger partial charge in [0.25, 0.3) is 5.69 Å². The number of ether oxygens (including phenoxy) is 1. The van der Waals surface area contributed by atoms with Crippen molar-refractivity contribution in [2.24, 2.45) is 0 Å². The molecule has 1 aromatic carbocycles. The molecular weight excluding hydrogens is 286 g/mol. The standard InChI is InChI=1S/C15H23N3O4/c1-22-11-13(19)10-17-8-6-12(7-9-17)16-14-4-2-3-5-15(14)18(20)21/h2-5,12-13,16,19H,6-11H2,1H3/t13-/m0/s1. The van der Waals surface area contributed by atoms with Gasteiger partial charge in [0.1, 0.15) is 5.69 Å². The van der Waals surface area contributed by atoms with Crippen LogP contribution in [0.5, 0.6) is 0 Å². The molecule has 7 heteroatoms. The number of para-hydroxylation sites is 2. The number of β-amino-alcohol motifs (C(OH)–C–C–N with tert-alkyl or cyclic N) is 1. The predicted molar refractivity (Wildman–Crippen MR) is 84.1 cm³/mol. The first-order chi connectivity index (χ1) is 10.6. The van der Waals surface area contributed by atoms with Gasteiger partial charge >= 0.3 is 0 Å². The second-order valence-electron chi connectivity index (χ2n) is 5.60. The van der Waals surface area contributed by atoms with Crippen molar-refractivity contribution in [3.8, 4) is 0 Å².